The highest BCUT2D eigenvalue weighted by Crippen LogP contribution is 2.38. The highest BCUT2D eigenvalue weighted by atomic mass is 16.1. The van der Waals surface area contributed by atoms with Gasteiger partial charge in [-0.05, 0) is 38.0 Å². The molecule has 6 nitrogen and oxygen atoms in total. The number of carbonyl (C=O) groups excluding carboxylic acids is 1. The maximum atomic E-state index is 12.5. The Hall–Kier alpha value is -3.02. The van der Waals surface area contributed by atoms with Crippen molar-refractivity contribution in [1.82, 2.24) is 25.1 Å². The first-order valence-corrected chi connectivity index (χ1v) is 8.41. The van der Waals surface area contributed by atoms with Crippen LogP contribution in [0.5, 0.6) is 0 Å². The molecule has 1 saturated carbocycles. The summed E-state index contributed by atoms with van der Waals surface area (Å²) in [6, 6.07) is 11.8. The van der Waals surface area contributed by atoms with Crippen LogP contribution >= 0.6 is 0 Å². The maximum absolute atomic E-state index is 12.5. The van der Waals surface area contributed by atoms with Crippen LogP contribution in [-0.4, -0.2) is 25.7 Å². The van der Waals surface area contributed by atoms with Crippen molar-refractivity contribution in [3.05, 3.63) is 71.6 Å². The van der Waals surface area contributed by atoms with Crippen LogP contribution in [0.25, 0.3) is 5.69 Å². The molecular weight excluding hydrogens is 314 g/mol. The van der Waals surface area contributed by atoms with Gasteiger partial charge >= 0.3 is 0 Å². The molecule has 0 aliphatic heterocycles. The lowest BCUT2D eigenvalue weighted by Crippen LogP contribution is -2.24. The van der Waals surface area contributed by atoms with Crippen molar-refractivity contribution in [1.29, 1.82) is 0 Å². The number of aromatic nitrogens is 4. The van der Waals surface area contributed by atoms with E-state index in [0.29, 0.717) is 18.0 Å². The van der Waals surface area contributed by atoms with Gasteiger partial charge in [-0.15, -0.1) is 0 Å². The molecule has 0 bridgehead atoms. The van der Waals surface area contributed by atoms with Crippen LogP contribution in [0.1, 0.15) is 46.2 Å². The van der Waals surface area contributed by atoms with E-state index in [0.717, 1.165) is 22.8 Å². The minimum Gasteiger partial charge on any atom is -0.346 e. The van der Waals surface area contributed by atoms with E-state index >= 15 is 0 Å². The first-order valence-electron chi connectivity index (χ1n) is 8.41. The number of benzene rings is 1. The van der Waals surface area contributed by atoms with Crippen molar-refractivity contribution in [2.45, 2.75) is 32.2 Å². The van der Waals surface area contributed by atoms with Crippen molar-refractivity contribution in [2.75, 3.05) is 0 Å². The van der Waals surface area contributed by atoms with Gasteiger partial charge in [-0.25, -0.2) is 14.6 Å². The zero-order valence-electron chi connectivity index (χ0n) is 14.0. The van der Waals surface area contributed by atoms with Crippen LogP contribution in [0, 0.1) is 6.92 Å². The Kier molecular flexibility index (Phi) is 4.01. The van der Waals surface area contributed by atoms with Crippen molar-refractivity contribution in [2.24, 2.45) is 0 Å². The fourth-order valence-electron chi connectivity index (χ4n) is 2.84. The molecule has 1 amide bonds. The van der Waals surface area contributed by atoms with E-state index in [9.17, 15) is 4.79 Å². The molecule has 4 rings (SSSR count). The summed E-state index contributed by atoms with van der Waals surface area (Å²) in [5, 5.41) is 7.26. The third-order valence-corrected chi connectivity index (χ3v) is 4.43. The van der Waals surface area contributed by atoms with Gasteiger partial charge in [0.25, 0.3) is 5.91 Å². The second kappa shape index (κ2) is 6.47. The minimum absolute atomic E-state index is 0.147. The Bertz CT molecular complexity index is 899. The molecule has 2 aromatic heterocycles. The molecule has 0 saturated heterocycles. The summed E-state index contributed by atoms with van der Waals surface area (Å²) in [4.78, 5) is 21.1. The molecule has 1 N–H and O–H groups in total. The van der Waals surface area contributed by atoms with Crippen molar-refractivity contribution in [3.63, 3.8) is 0 Å². The van der Waals surface area contributed by atoms with Crippen molar-refractivity contribution in [3.8, 4) is 5.69 Å². The van der Waals surface area contributed by atoms with Crippen LogP contribution in [0.15, 0.2) is 48.9 Å². The van der Waals surface area contributed by atoms with Crippen LogP contribution in [0.4, 0.5) is 0 Å². The predicted octanol–water partition coefficient (Wildman–Crippen LogP) is 2.78. The third-order valence-electron chi connectivity index (χ3n) is 4.43. The second-order valence-electron chi connectivity index (χ2n) is 6.28. The zero-order valence-corrected chi connectivity index (χ0v) is 14.0. The topological polar surface area (TPSA) is 72.7 Å². The third kappa shape index (κ3) is 3.28. The molecule has 2 heterocycles. The van der Waals surface area contributed by atoms with Crippen LogP contribution < -0.4 is 5.32 Å². The Labute approximate surface area is 145 Å². The quantitative estimate of drug-likeness (QED) is 0.779. The van der Waals surface area contributed by atoms with Crippen molar-refractivity contribution < 1.29 is 4.79 Å². The Morgan fingerprint density at radius 1 is 1.24 bits per heavy atom. The van der Waals surface area contributed by atoms with Gasteiger partial charge in [-0.3, -0.25) is 4.79 Å². The largest absolute Gasteiger partial charge is 0.346 e. The average molecular weight is 333 g/mol. The summed E-state index contributed by atoms with van der Waals surface area (Å²) in [6.07, 6.45) is 5.57. The number of hydrogen-bond donors (Lipinski definition) is 1. The minimum atomic E-state index is -0.147. The Morgan fingerprint density at radius 2 is 2.04 bits per heavy atom. The van der Waals surface area contributed by atoms with E-state index in [4.69, 9.17) is 0 Å². The normalized spacial score (nSPS) is 13.6. The van der Waals surface area contributed by atoms with E-state index < -0.39 is 0 Å². The van der Waals surface area contributed by atoms with Gasteiger partial charge in [0.05, 0.1) is 35.4 Å². The molecule has 6 heteroatoms. The molecule has 1 aliphatic carbocycles. The predicted molar refractivity (Wildman–Crippen MR) is 93.5 cm³/mol. The Balaban J connectivity index is 1.46. The summed E-state index contributed by atoms with van der Waals surface area (Å²) in [7, 11) is 0. The van der Waals surface area contributed by atoms with Gasteiger partial charge in [0.1, 0.15) is 6.33 Å². The summed E-state index contributed by atoms with van der Waals surface area (Å²) < 4.78 is 1.77. The molecule has 0 spiro atoms. The van der Waals surface area contributed by atoms with Crippen molar-refractivity contribution >= 4 is 5.91 Å². The summed E-state index contributed by atoms with van der Waals surface area (Å²) in [5.41, 5.74) is 4.22. The lowest BCUT2D eigenvalue weighted by atomic mass is 10.2. The van der Waals surface area contributed by atoms with Crippen LogP contribution in [0.3, 0.4) is 0 Å². The highest BCUT2D eigenvalue weighted by molar-refractivity contribution is 5.95. The number of para-hydroxylation sites is 1. The smallest absolute Gasteiger partial charge is 0.255 e. The van der Waals surface area contributed by atoms with E-state index in [1.54, 1.807) is 17.2 Å². The average Bonchev–Trinajstić information content (AvgIpc) is 3.43. The first-order chi connectivity index (χ1) is 12.2. The van der Waals surface area contributed by atoms with E-state index in [1.165, 1.54) is 12.8 Å². The SMILES string of the molecule is Cc1c(C(=O)NCc2cc(C3CC3)ncn2)cnn1-c1ccccc1. The monoisotopic (exact) mass is 333 g/mol. The summed E-state index contributed by atoms with van der Waals surface area (Å²) in [6.45, 7) is 2.28. The van der Waals surface area contributed by atoms with Gasteiger partial charge in [0.15, 0.2) is 0 Å². The second-order valence-corrected chi connectivity index (χ2v) is 6.28. The van der Waals surface area contributed by atoms with Gasteiger partial charge in [0.2, 0.25) is 0 Å². The molecule has 0 atom stereocenters. The molecule has 1 fully saturated rings. The van der Waals surface area contributed by atoms with Gasteiger partial charge in [-0.1, -0.05) is 18.2 Å². The molecule has 1 aliphatic rings. The number of nitrogens with one attached hydrogen (secondary N) is 1. The molecule has 0 unspecified atom stereocenters. The zero-order chi connectivity index (χ0) is 17.2. The molecule has 0 radical (unpaired) electrons. The van der Waals surface area contributed by atoms with E-state index in [-0.39, 0.29) is 5.91 Å². The van der Waals surface area contributed by atoms with E-state index in [2.05, 4.69) is 20.4 Å². The van der Waals surface area contributed by atoms with Crippen LogP contribution in [-0.2, 0) is 6.54 Å². The molecule has 3 aromatic rings. The summed E-state index contributed by atoms with van der Waals surface area (Å²) in [5.74, 6) is 0.426. The first kappa shape index (κ1) is 15.5. The number of rotatable bonds is 5. The molecule has 126 valence electrons. The van der Waals surface area contributed by atoms with E-state index in [1.807, 2.05) is 43.3 Å². The fourth-order valence-corrected chi connectivity index (χ4v) is 2.84. The fraction of sp³-hybridized carbons (Fsp3) is 0.263. The lowest BCUT2D eigenvalue weighted by molar-refractivity contribution is 0.0949. The standard InChI is InChI=1S/C19H19N5O/c1-13-17(11-23-24(13)16-5-3-2-4-6-16)19(25)20-10-15-9-18(14-7-8-14)22-12-21-15/h2-6,9,11-12,14H,7-8,10H2,1H3,(H,20,25). The molecule has 1 aromatic carbocycles. The highest BCUT2D eigenvalue weighted by Gasteiger charge is 2.25. The number of hydrogen-bond acceptors (Lipinski definition) is 4. The molecular formula is C19H19N5O. The number of nitrogens with zero attached hydrogens (tertiary/aromatic N) is 4. The maximum Gasteiger partial charge on any atom is 0.255 e. The number of carbonyl (C=O) groups is 1. The lowest BCUT2D eigenvalue weighted by Gasteiger charge is -2.07. The van der Waals surface area contributed by atoms with Gasteiger partial charge < -0.3 is 5.32 Å². The van der Waals surface area contributed by atoms with Gasteiger partial charge in [0, 0.05) is 11.6 Å². The van der Waals surface area contributed by atoms with Gasteiger partial charge in [-0.2, -0.15) is 5.10 Å². The van der Waals surface area contributed by atoms with Crippen LogP contribution in [0.2, 0.25) is 0 Å². The number of amides is 1. The molecule has 25 heavy (non-hydrogen) atoms. The Morgan fingerprint density at radius 3 is 2.80 bits per heavy atom. The summed E-state index contributed by atoms with van der Waals surface area (Å²) >= 11 is 0.